The summed E-state index contributed by atoms with van der Waals surface area (Å²) in [7, 11) is 2.17. The average Bonchev–Trinajstić information content (AvgIpc) is 3.43. The van der Waals surface area contributed by atoms with Crippen molar-refractivity contribution in [2.45, 2.75) is 63.3 Å². The summed E-state index contributed by atoms with van der Waals surface area (Å²) in [5, 5.41) is 18.3. The molecule has 10 nitrogen and oxygen atoms in total. The number of amides is 1. The van der Waals surface area contributed by atoms with Crippen molar-refractivity contribution in [2.75, 3.05) is 25.5 Å². The van der Waals surface area contributed by atoms with Gasteiger partial charge in [0.1, 0.15) is 5.82 Å². The van der Waals surface area contributed by atoms with Crippen LogP contribution in [0.1, 0.15) is 56.7 Å². The van der Waals surface area contributed by atoms with Gasteiger partial charge < -0.3 is 26.2 Å². The Kier molecular flexibility index (Phi) is 13.2. The Hall–Kier alpha value is -3.40. The summed E-state index contributed by atoms with van der Waals surface area (Å²) < 4.78 is 63.5. The van der Waals surface area contributed by atoms with Crippen LogP contribution >= 0.6 is 0 Å². The van der Waals surface area contributed by atoms with Crippen molar-refractivity contribution < 1.29 is 50.9 Å². The third-order valence-corrected chi connectivity index (χ3v) is 5.51. The Morgan fingerprint density at radius 2 is 1.62 bits per heavy atom. The number of anilines is 1. The number of H-pyrrole nitrogens is 1. The third-order valence-electron chi connectivity index (χ3n) is 5.51. The normalized spacial score (nSPS) is 15.6. The Morgan fingerprint density at radius 1 is 1.05 bits per heavy atom. The van der Waals surface area contributed by atoms with Gasteiger partial charge in [-0.05, 0) is 51.9 Å². The number of carbonyl (C=O) groups is 3. The summed E-state index contributed by atoms with van der Waals surface area (Å²) in [5.41, 5.74) is 7.74. The molecule has 3 rings (SSSR count). The van der Waals surface area contributed by atoms with Crippen LogP contribution in [0.25, 0.3) is 10.9 Å². The minimum atomic E-state index is -5.08. The number of nitrogens with one attached hydrogen (secondary N) is 2. The van der Waals surface area contributed by atoms with Crippen LogP contribution < -0.4 is 11.1 Å². The molecule has 2 aromatic rings. The first-order valence-corrected chi connectivity index (χ1v) is 11.8. The molecule has 220 valence electrons. The minimum Gasteiger partial charge on any atom is -0.475 e. The maximum absolute atomic E-state index is 12.0. The SMILES string of the molecule is CN1CCC[C@H]1c1cc2cnc(NC(=O)CCCCCCN)cc2[nH]1.O=C(O)C(F)(F)F.O=C(O)C(F)(F)F. The number of carboxylic acids is 2. The molecule has 0 unspecified atom stereocenters. The number of carbonyl (C=O) groups excluding carboxylic acids is 1. The van der Waals surface area contributed by atoms with E-state index in [2.05, 4.69) is 33.3 Å². The van der Waals surface area contributed by atoms with E-state index in [4.69, 9.17) is 25.5 Å². The number of alkyl halides is 6. The molecule has 6 N–H and O–H groups in total. The van der Waals surface area contributed by atoms with Gasteiger partial charge in [-0.2, -0.15) is 26.3 Å². The van der Waals surface area contributed by atoms with Crippen LogP contribution in [0.15, 0.2) is 18.3 Å². The van der Waals surface area contributed by atoms with Crippen molar-refractivity contribution in [3.8, 4) is 0 Å². The summed E-state index contributed by atoms with van der Waals surface area (Å²) in [6.07, 6.45) is -1.30. The Morgan fingerprint density at radius 3 is 2.10 bits per heavy atom. The second kappa shape index (κ2) is 15.3. The van der Waals surface area contributed by atoms with Gasteiger partial charge in [0.15, 0.2) is 0 Å². The first-order valence-electron chi connectivity index (χ1n) is 11.8. The van der Waals surface area contributed by atoms with E-state index in [1.165, 1.54) is 18.5 Å². The fraction of sp³-hybridized carbons (Fsp3) is 0.565. The van der Waals surface area contributed by atoms with Gasteiger partial charge in [0, 0.05) is 35.8 Å². The second-order valence-electron chi connectivity index (χ2n) is 8.63. The van der Waals surface area contributed by atoms with Crippen LogP contribution in [-0.4, -0.2) is 75.4 Å². The molecule has 0 aliphatic carbocycles. The zero-order valence-electron chi connectivity index (χ0n) is 21.0. The maximum Gasteiger partial charge on any atom is 0.490 e. The Balaban J connectivity index is 0.000000449. The summed E-state index contributed by atoms with van der Waals surface area (Å²) in [6.45, 7) is 1.87. The third kappa shape index (κ3) is 12.3. The molecule has 1 aliphatic heterocycles. The molecule has 1 saturated heterocycles. The number of hydrogen-bond donors (Lipinski definition) is 5. The summed E-state index contributed by atoms with van der Waals surface area (Å²) in [5.74, 6) is -4.87. The first kappa shape index (κ1) is 33.6. The topological polar surface area (TPSA) is 162 Å². The zero-order valence-corrected chi connectivity index (χ0v) is 21.0. The fourth-order valence-electron chi connectivity index (χ4n) is 3.59. The molecule has 1 atom stereocenters. The summed E-state index contributed by atoms with van der Waals surface area (Å²) in [6, 6.07) is 4.57. The number of aliphatic carboxylic acids is 2. The van der Waals surface area contributed by atoms with E-state index >= 15 is 0 Å². The number of aromatic amines is 1. The molecule has 0 aromatic carbocycles. The van der Waals surface area contributed by atoms with E-state index in [1.54, 1.807) is 0 Å². The Bertz CT molecular complexity index is 1070. The van der Waals surface area contributed by atoms with Crippen molar-refractivity contribution in [3.63, 3.8) is 0 Å². The van der Waals surface area contributed by atoms with E-state index in [0.29, 0.717) is 18.3 Å². The standard InChI is InChI=1S/C19H29N5O.2C2HF3O2/c1-24-10-6-7-17(24)16-11-14-13-21-18(12-15(14)22-16)23-19(25)8-4-2-3-5-9-20;2*3-2(4,5)1(6)7/h11-13,17,22H,2-10,20H2,1H3,(H,21,23,25);2*(H,6,7)/t17-;;/m0../s1. The van der Waals surface area contributed by atoms with E-state index in [0.717, 1.165) is 49.7 Å². The highest BCUT2D eigenvalue weighted by atomic mass is 19.4. The number of nitrogens with zero attached hydrogens (tertiary/aromatic N) is 2. The lowest BCUT2D eigenvalue weighted by molar-refractivity contribution is -0.193. The average molecular weight is 572 g/mol. The van der Waals surface area contributed by atoms with Crippen molar-refractivity contribution in [1.82, 2.24) is 14.9 Å². The monoisotopic (exact) mass is 571 g/mol. The van der Waals surface area contributed by atoms with Gasteiger partial charge in [-0.1, -0.05) is 12.8 Å². The van der Waals surface area contributed by atoms with Crippen LogP contribution in [0.2, 0.25) is 0 Å². The molecule has 2 aromatic heterocycles. The summed E-state index contributed by atoms with van der Waals surface area (Å²) >= 11 is 0. The molecule has 3 heterocycles. The number of carboxylic acid groups (broad SMARTS) is 2. The van der Waals surface area contributed by atoms with Crippen molar-refractivity contribution in [1.29, 1.82) is 0 Å². The number of aromatic nitrogens is 2. The highest BCUT2D eigenvalue weighted by Crippen LogP contribution is 2.32. The number of likely N-dealkylation sites (tertiary alicyclic amines) is 1. The van der Waals surface area contributed by atoms with Crippen LogP contribution in [0, 0.1) is 0 Å². The van der Waals surface area contributed by atoms with E-state index in [1.807, 2.05) is 12.3 Å². The molecule has 0 saturated carbocycles. The highest BCUT2D eigenvalue weighted by Gasteiger charge is 2.38. The molecular formula is C23H31F6N5O5. The van der Waals surface area contributed by atoms with E-state index < -0.39 is 24.3 Å². The first-order chi connectivity index (χ1) is 18.1. The lowest BCUT2D eigenvalue weighted by Gasteiger charge is -2.17. The number of nitrogens with two attached hydrogens (primary N) is 1. The molecule has 0 bridgehead atoms. The molecular weight excluding hydrogens is 540 g/mol. The molecule has 1 fully saturated rings. The lowest BCUT2D eigenvalue weighted by Crippen LogP contribution is -2.21. The molecule has 16 heteroatoms. The maximum atomic E-state index is 12.0. The van der Waals surface area contributed by atoms with Gasteiger partial charge in [0.05, 0.1) is 5.52 Å². The largest absolute Gasteiger partial charge is 0.490 e. The molecule has 1 aliphatic rings. The number of unbranched alkanes of at least 4 members (excludes halogenated alkanes) is 3. The highest BCUT2D eigenvalue weighted by molar-refractivity contribution is 5.92. The van der Waals surface area contributed by atoms with Gasteiger partial charge in [-0.15, -0.1) is 0 Å². The van der Waals surface area contributed by atoms with Crippen LogP contribution in [-0.2, 0) is 14.4 Å². The predicted molar refractivity (Wildman–Crippen MR) is 129 cm³/mol. The van der Waals surface area contributed by atoms with Crippen LogP contribution in [0.4, 0.5) is 32.2 Å². The quantitative estimate of drug-likeness (QED) is 0.229. The number of hydrogen-bond acceptors (Lipinski definition) is 6. The van der Waals surface area contributed by atoms with Crippen LogP contribution in [0.3, 0.4) is 0 Å². The predicted octanol–water partition coefficient (Wildman–Crippen LogP) is 4.44. The fourth-order valence-corrected chi connectivity index (χ4v) is 3.59. The van der Waals surface area contributed by atoms with E-state index in [9.17, 15) is 31.1 Å². The molecule has 1 amide bonds. The molecule has 0 spiro atoms. The number of fused-ring (bicyclic) bond motifs is 1. The Labute approximate surface area is 219 Å². The van der Waals surface area contributed by atoms with Crippen molar-refractivity contribution >= 4 is 34.6 Å². The van der Waals surface area contributed by atoms with Gasteiger partial charge in [-0.25, -0.2) is 14.6 Å². The van der Waals surface area contributed by atoms with Crippen molar-refractivity contribution in [3.05, 3.63) is 24.0 Å². The number of halogens is 6. The van der Waals surface area contributed by atoms with Gasteiger partial charge >= 0.3 is 24.3 Å². The van der Waals surface area contributed by atoms with Gasteiger partial charge in [0.25, 0.3) is 0 Å². The van der Waals surface area contributed by atoms with Gasteiger partial charge in [-0.3, -0.25) is 9.69 Å². The van der Waals surface area contributed by atoms with Crippen molar-refractivity contribution in [2.24, 2.45) is 5.73 Å². The van der Waals surface area contributed by atoms with Gasteiger partial charge in [0.2, 0.25) is 5.91 Å². The lowest BCUT2D eigenvalue weighted by atomic mass is 10.1. The second-order valence-corrected chi connectivity index (χ2v) is 8.63. The molecule has 39 heavy (non-hydrogen) atoms. The molecule has 0 radical (unpaired) electrons. The number of pyridine rings is 1. The van der Waals surface area contributed by atoms with E-state index in [-0.39, 0.29) is 5.91 Å². The summed E-state index contributed by atoms with van der Waals surface area (Å²) in [4.78, 5) is 40.1. The zero-order chi connectivity index (χ0) is 29.8. The minimum absolute atomic E-state index is 0.0295. The van der Waals surface area contributed by atoms with Crippen LogP contribution in [0.5, 0.6) is 0 Å². The smallest absolute Gasteiger partial charge is 0.475 e. The number of rotatable bonds is 8.